The summed E-state index contributed by atoms with van der Waals surface area (Å²) < 4.78 is 3.64. The number of rotatable bonds is 1. The molecule has 0 saturated heterocycles. The van der Waals surface area contributed by atoms with Crippen LogP contribution >= 0.6 is 0 Å². The zero-order valence-electron chi connectivity index (χ0n) is 9.75. The SMILES string of the molecule is Cn1nc(-c2ccc3ccn(C)c3n2)cc1N. The van der Waals surface area contributed by atoms with E-state index in [1.165, 1.54) is 0 Å². The van der Waals surface area contributed by atoms with Gasteiger partial charge in [-0.05, 0) is 18.2 Å². The van der Waals surface area contributed by atoms with Gasteiger partial charge in [0, 0.05) is 31.7 Å². The predicted molar refractivity (Wildman–Crippen MR) is 67.3 cm³/mol. The molecule has 0 atom stereocenters. The van der Waals surface area contributed by atoms with E-state index in [0.717, 1.165) is 22.4 Å². The van der Waals surface area contributed by atoms with Crippen molar-refractivity contribution in [2.75, 3.05) is 5.73 Å². The van der Waals surface area contributed by atoms with Crippen LogP contribution in [0.3, 0.4) is 0 Å². The molecular formula is C12H13N5. The van der Waals surface area contributed by atoms with E-state index in [9.17, 15) is 0 Å². The predicted octanol–water partition coefficient (Wildman–Crippen LogP) is 1.56. The number of fused-ring (bicyclic) bond motifs is 1. The summed E-state index contributed by atoms with van der Waals surface area (Å²) in [5, 5.41) is 5.45. The van der Waals surface area contributed by atoms with E-state index >= 15 is 0 Å². The standard InChI is InChI=1S/C12H13N5/c1-16-6-5-8-3-4-9(14-12(8)16)10-7-11(13)17(2)15-10/h3-7H,13H2,1-2H3. The fourth-order valence-electron chi connectivity index (χ4n) is 1.88. The summed E-state index contributed by atoms with van der Waals surface area (Å²) in [6, 6.07) is 7.88. The first-order chi connectivity index (χ1) is 8.15. The highest BCUT2D eigenvalue weighted by atomic mass is 15.3. The van der Waals surface area contributed by atoms with Gasteiger partial charge in [0.1, 0.15) is 17.2 Å². The van der Waals surface area contributed by atoms with Crippen LogP contribution in [-0.4, -0.2) is 19.3 Å². The largest absolute Gasteiger partial charge is 0.384 e. The van der Waals surface area contributed by atoms with Crippen molar-refractivity contribution in [2.45, 2.75) is 0 Å². The summed E-state index contributed by atoms with van der Waals surface area (Å²) in [5.74, 6) is 0.633. The van der Waals surface area contributed by atoms with Crippen LogP contribution in [0.1, 0.15) is 0 Å². The number of aromatic nitrogens is 4. The Balaban J connectivity index is 2.20. The highest BCUT2D eigenvalue weighted by Gasteiger charge is 2.08. The van der Waals surface area contributed by atoms with Crippen molar-refractivity contribution in [1.82, 2.24) is 19.3 Å². The molecule has 0 aliphatic rings. The van der Waals surface area contributed by atoms with Gasteiger partial charge in [0.15, 0.2) is 0 Å². The van der Waals surface area contributed by atoms with E-state index in [2.05, 4.69) is 10.1 Å². The number of anilines is 1. The van der Waals surface area contributed by atoms with E-state index in [1.54, 1.807) is 4.68 Å². The fraction of sp³-hybridized carbons (Fsp3) is 0.167. The summed E-state index contributed by atoms with van der Waals surface area (Å²) in [7, 11) is 3.80. The van der Waals surface area contributed by atoms with Crippen molar-refractivity contribution in [3.63, 3.8) is 0 Å². The second-order valence-corrected chi connectivity index (χ2v) is 4.11. The van der Waals surface area contributed by atoms with Gasteiger partial charge < -0.3 is 10.3 Å². The second kappa shape index (κ2) is 3.35. The third kappa shape index (κ3) is 1.47. The van der Waals surface area contributed by atoms with E-state index in [4.69, 9.17) is 5.73 Å². The van der Waals surface area contributed by atoms with Crippen molar-refractivity contribution < 1.29 is 0 Å². The van der Waals surface area contributed by atoms with Crippen molar-refractivity contribution >= 4 is 16.9 Å². The molecule has 3 heterocycles. The molecule has 3 rings (SSSR count). The maximum absolute atomic E-state index is 5.77. The maximum atomic E-state index is 5.77. The Morgan fingerprint density at radius 2 is 1.94 bits per heavy atom. The van der Waals surface area contributed by atoms with E-state index in [1.807, 2.05) is 49.1 Å². The van der Waals surface area contributed by atoms with Gasteiger partial charge in [0.25, 0.3) is 0 Å². The summed E-state index contributed by atoms with van der Waals surface area (Å²) >= 11 is 0. The monoisotopic (exact) mass is 227 g/mol. The molecule has 0 bridgehead atoms. The first-order valence-electron chi connectivity index (χ1n) is 5.37. The van der Waals surface area contributed by atoms with Gasteiger partial charge in [-0.15, -0.1) is 0 Å². The minimum absolute atomic E-state index is 0.633. The van der Waals surface area contributed by atoms with Gasteiger partial charge in [-0.25, -0.2) is 4.98 Å². The van der Waals surface area contributed by atoms with E-state index in [-0.39, 0.29) is 0 Å². The zero-order chi connectivity index (χ0) is 12.0. The maximum Gasteiger partial charge on any atom is 0.140 e. The minimum Gasteiger partial charge on any atom is -0.384 e. The fourth-order valence-corrected chi connectivity index (χ4v) is 1.88. The smallest absolute Gasteiger partial charge is 0.140 e. The van der Waals surface area contributed by atoms with Crippen molar-refractivity contribution in [1.29, 1.82) is 0 Å². The minimum atomic E-state index is 0.633. The molecule has 5 nitrogen and oxygen atoms in total. The third-order valence-electron chi connectivity index (χ3n) is 2.90. The molecule has 0 spiro atoms. The Bertz CT molecular complexity index is 673. The average molecular weight is 227 g/mol. The van der Waals surface area contributed by atoms with Gasteiger partial charge >= 0.3 is 0 Å². The van der Waals surface area contributed by atoms with E-state index < -0.39 is 0 Å². The summed E-state index contributed by atoms with van der Waals surface area (Å²) in [6.07, 6.45) is 1.99. The van der Waals surface area contributed by atoms with Crippen LogP contribution in [0.5, 0.6) is 0 Å². The van der Waals surface area contributed by atoms with Crippen LogP contribution in [0.15, 0.2) is 30.5 Å². The molecule has 0 aliphatic carbocycles. The number of hydrogen-bond donors (Lipinski definition) is 1. The zero-order valence-corrected chi connectivity index (χ0v) is 9.75. The van der Waals surface area contributed by atoms with Gasteiger partial charge in [0.05, 0.1) is 5.69 Å². The van der Waals surface area contributed by atoms with Crippen LogP contribution in [-0.2, 0) is 14.1 Å². The Morgan fingerprint density at radius 1 is 1.12 bits per heavy atom. The summed E-state index contributed by atoms with van der Waals surface area (Å²) in [5.41, 5.74) is 8.36. The number of nitrogens with zero attached hydrogens (tertiary/aromatic N) is 4. The number of hydrogen-bond acceptors (Lipinski definition) is 3. The molecule has 0 aromatic carbocycles. The molecule has 17 heavy (non-hydrogen) atoms. The lowest BCUT2D eigenvalue weighted by atomic mass is 10.2. The molecule has 3 aromatic heterocycles. The van der Waals surface area contributed by atoms with Gasteiger partial charge in [-0.3, -0.25) is 4.68 Å². The molecule has 2 N–H and O–H groups in total. The highest BCUT2D eigenvalue weighted by Crippen LogP contribution is 2.21. The van der Waals surface area contributed by atoms with Crippen molar-refractivity contribution in [2.24, 2.45) is 14.1 Å². The highest BCUT2D eigenvalue weighted by molar-refractivity contribution is 5.79. The van der Waals surface area contributed by atoms with Gasteiger partial charge in [0.2, 0.25) is 0 Å². The molecular weight excluding hydrogens is 214 g/mol. The van der Waals surface area contributed by atoms with Crippen LogP contribution in [0, 0.1) is 0 Å². The second-order valence-electron chi connectivity index (χ2n) is 4.11. The normalized spacial score (nSPS) is 11.2. The molecule has 5 heteroatoms. The molecule has 86 valence electrons. The Labute approximate surface area is 98.5 Å². The number of aryl methyl sites for hydroxylation is 2. The lowest BCUT2D eigenvalue weighted by Gasteiger charge is -1.98. The van der Waals surface area contributed by atoms with Crippen LogP contribution in [0.2, 0.25) is 0 Å². The van der Waals surface area contributed by atoms with E-state index in [0.29, 0.717) is 5.82 Å². The molecule has 3 aromatic rings. The molecule has 0 fully saturated rings. The third-order valence-corrected chi connectivity index (χ3v) is 2.90. The molecule has 0 saturated carbocycles. The lowest BCUT2D eigenvalue weighted by molar-refractivity contribution is 0.781. The van der Waals surface area contributed by atoms with Gasteiger partial charge in [-0.1, -0.05) is 0 Å². The van der Waals surface area contributed by atoms with Crippen LogP contribution in [0.25, 0.3) is 22.4 Å². The Hall–Kier alpha value is -2.30. The topological polar surface area (TPSA) is 61.7 Å². The van der Waals surface area contributed by atoms with Crippen molar-refractivity contribution in [3.8, 4) is 11.4 Å². The number of pyridine rings is 1. The first-order valence-corrected chi connectivity index (χ1v) is 5.37. The Kier molecular flexibility index (Phi) is 1.95. The molecule has 0 unspecified atom stereocenters. The lowest BCUT2D eigenvalue weighted by Crippen LogP contribution is -1.96. The molecule has 0 radical (unpaired) electrons. The Morgan fingerprint density at radius 3 is 2.65 bits per heavy atom. The van der Waals surface area contributed by atoms with Crippen LogP contribution < -0.4 is 5.73 Å². The molecule has 0 aliphatic heterocycles. The van der Waals surface area contributed by atoms with Crippen LogP contribution in [0.4, 0.5) is 5.82 Å². The molecule has 0 amide bonds. The first kappa shape index (κ1) is 9.89. The average Bonchev–Trinajstić information content (AvgIpc) is 2.84. The summed E-state index contributed by atoms with van der Waals surface area (Å²) in [4.78, 5) is 4.59. The van der Waals surface area contributed by atoms with Gasteiger partial charge in [-0.2, -0.15) is 5.10 Å². The number of nitrogen functional groups attached to an aromatic ring is 1. The van der Waals surface area contributed by atoms with Crippen molar-refractivity contribution in [3.05, 3.63) is 30.5 Å². The number of nitrogens with two attached hydrogens (primary N) is 1. The summed E-state index contributed by atoms with van der Waals surface area (Å²) in [6.45, 7) is 0. The quantitative estimate of drug-likeness (QED) is 0.686.